The highest BCUT2D eigenvalue weighted by molar-refractivity contribution is 6.15. The normalized spacial score (nSPS) is 20.7. The third-order valence-electron chi connectivity index (χ3n) is 5.62. The van der Waals surface area contributed by atoms with E-state index in [1.807, 2.05) is 31.2 Å². The number of nitrogens with zero attached hydrogens (tertiary/aromatic N) is 2. The van der Waals surface area contributed by atoms with Gasteiger partial charge in [-0.2, -0.15) is 0 Å². The van der Waals surface area contributed by atoms with E-state index in [1.54, 1.807) is 6.20 Å². The van der Waals surface area contributed by atoms with Gasteiger partial charge in [0.05, 0.1) is 0 Å². The van der Waals surface area contributed by atoms with Crippen LogP contribution < -0.4 is 4.90 Å². The van der Waals surface area contributed by atoms with E-state index >= 15 is 0 Å². The number of aromatic nitrogens is 1. The Labute approximate surface area is 160 Å². The third kappa shape index (κ3) is 2.66. The van der Waals surface area contributed by atoms with E-state index in [4.69, 9.17) is 0 Å². The van der Waals surface area contributed by atoms with Crippen molar-refractivity contribution in [2.45, 2.75) is 33.1 Å². The van der Waals surface area contributed by atoms with Crippen LogP contribution in [-0.4, -0.2) is 17.3 Å². The second kappa shape index (κ2) is 6.34. The summed E-state index contributed by atoms with van der Waals surface area (Å²) < 4.78 is 0. The maximum Gasteiger partial charge on any atom is 0.211 e. The number of ketones is 1. The Morgan fingerprint density at radius 3 is 2.67 bits per heavy atom. The van der Waals surface area contributed by atoms with Crippen LogP contribution in [0.2, 0.25) is 0 Å². The molecule has 0 atom stereocenters. The number of allylic oxidation sites excluding steroid dienone is 6. The molecule has 3 nitrogen and oxygen atoms in total. The summed E-state index contributed by atoms with van der Waals surface area (Å²) in [5.41, 5.74) is 6.92. The number of fused-ring (bicyclic) bond motifs is 2. The lowest BCUT2D eigenvalue weighted by Gasteiger charge is -2.26. The summed E-state index contributed by atoms with van der Waals surface area (Å²) in [7, 11) is 0. The average Bonchev–Trinajstić information content (AvgIpc) is 2.90. The number of Topliss-reactive ketones (excluding diaryl/α,β-unsaturated/α-hetero) is 1. The van der Waals surface area contributed by atoms with Crippen molar-refractivity contribution in [1.29, 1.82) is 0 Å². The van der Waals surface area contributed by atoms with E-state index in [-0.39, 0.29) is 11.2 Å². The number of benzene rings is 1. The summed E-state index contributed by atoms with van der Waals surface area (Å²) in [5, 5.41) is 0. The molecule has 0 radical (unpaired) electrons. The Bertz CT molecular complexity index is 1020. The van der Waals surface area contributed by atoms with Gasteiger partial charge in [0.2, 0.25) is 5.78 Å². The Kier molecular flexibility index (Phi) is 4.11. The van der Waals surface area contributed by atoms with Crippen LogP contribution in [0.5, 0.6) is 0 Å². The van der Waals surface area contributed by atoms with Crippen LogP contribution in [0.1, 0.15) is 49.3 Å². The molecule has 0 saturated carbocycles. The molecule has 1 aliphatic heterocycles. The lowest BCUT2D eigenvalue weighted by atomic mass is 9.83. The maximum atomic E-state index is 12.9. The number of likely N-dealkylation sites (N-methyl/N-ethyl adjacent to an activating group) is 1. The number of anilines is 1. The van der Waals surface area contributed by atoms with Crippen molar-refractivity contribution in [3.05, 3.63) is 88.9 Å². The largest absolute Gasteiger partial charge is 0.344 e. The highest BCUT2D eigenvalue weighted by atomic mass is 16.1. The molecule has 2 aliphatic rings. The second-order valence-corrected chi connectivity index (χ2v) is 7.62. The molecule has 27 heavy (non-hydrogen) atoms. The molecule has 0 unspecified atom stereocenters. The fraction of sp³-hybridized carbons (Fsp3) is 0.250. The summed E-state index contributed by atoms with van der Waals surface area (Å²) in [6.45, 7) is 9.57. The van der Waals surface area contributed by atoms with Gasteiger partial charge in [-0.15, -0.1) is 0 Å². The average molecular weight is 356 g/mol. The minimum absolute atomic E-state index is 0.00980. The molecule has 136 valence electrons. The van der Waals surface area contributed by atoms with Crippen LogP contribution in [0, 0.1) is 0 Å². The summed E-state index contributed by atoms with van der Waals surface area (Å²) >= 11 is 0. The predicted molar refractivity (Wildman–Crippen MR) is 111 cm³/mol. The smallest absolute Gasteiger partial charge is 0.211 e. The predicted octanol–water partition coefficient (Wildman–Crippen LogP) is 5.31. The van der Waals surface area contributed by atoms with E-state index < -0.39 is 0 Å². The van der Waals surface area contributed by atoms with Crippen LogP contribution in [0.25, 0.3) is 5.57 Å². The number of pyridine rings is 1. The first kappa shape index (κ1) is 17.5. The number of carbonyl (C=O) groups is 1. The zero-order valence-electron chi connectivity index (χ0n) is 16.3. The van der Waals surface area contributed by atoms with Gasteiger partial charge in [0, 0.05) is 40.7 Å². The lowest BCUT2D eigenvalue weighted by Crippen LogP contribution is -2.25. The molecule has 0 saturated heterocycles. The minimum Gasteiger partial charge on any atom is -0.344 e. The van der Waals surface area contributed by atoms with Crippen molar-refractivity contribution in [3.8, 4) is 0 Å². The summed E-state index contributed by atoms with van der Waals surface area (Å²) in [6.07, 6.45) is 7.71. The number of carbonyl (C=O) groups excluding carboxylic acids is 1. The van der Waals surface area contributed by atoms with Gasteiger partial charge in [-0.05, 0) is 55.3 Å². The fourth-order valence-electron chi connectivity index (χ4n) is 4.19. The molecule has 2 heterocycles. The molecular weight excluding hydrogens is 332 g/mol. The van der Waals surface area contributed by atoms with Crippen molar-refractivity contribution >= 4 is 17.0 Å². The summed E-state index contributed by atoms with van der Waals surface area (Å²) in [5.74, 6) is -0.00980. The van der Waals surface area contributed by atoms with Crippen molar-refractivity contribution in [1.82, 2.24) is 4.98 Å². The van der Waals surface area contributed by atoms with Crippen molar-refractivity contribution < 1.29 is 4.79 Å². The van der Waals surface area contributed by atoms with Gasteiger partial charge in [-0.3, -0.25) is 9.78 Å². The number of para-hydroxylation sites is 1. The quantitative estimate of drug-likeness (QED) is 0.684. The first-order chi connectivity index (χ1) is 12.9. The molecule has 2 aromatic rings. The van der Waals surface area contributed by atoms with Gasteiger partial charge in [0.15, 0.2) is 0 Å². The molecule has 3 heteroatoms. The molecular formula is C24H24N2O. The summed E-state index contributed by atoms with van der Waals surface area (Å²) in [4.78, 5) is 19.5. The van der Waals surface area contributed by atoms with Crippen LogP contribution >= 0.6 is 0 Å². The van der Waals surface area contributed by atoms with Crippen LogP contribution in [0.4, 0.5) is 5.69 Å². The van der Waals surface area contributed by atoms with Gasteiger partial charge in [-0.25, -0.2) is 0 Å². The molecule has 0 fully saturated rings. The van der Waals surface area contributed by atoms with E-state index in [9.17, 15) is 4.79 Å². The lowest BCUT2D eigenvalue weighted by molar-refractivity contribution is 0.103. The van der Waals surface area contributed by atoms with Crippen molar-refractivity contribution in [3.63, 3.8) is 0 Å². The standard InChI is InChI=1S/C24H24N2O/c1-5-26-20-11-7-6-10-19(20)24(3,4)21(26)13-12-17-15-16(2)18-9-8-14-25-22(18)23(17)27/h6-15H,5H2,1-4H3/b17-12+,21-13-. The SMILES string of the molecule is CCN1/C(=C\C=C2/C=C(C)c3cccnc3C2=O)C(C)(C)c2ccccc21. The van der Waals surface area contributed by atoms with Crippen molar-refractivity contribution in [2.24, 2.45) is 0 Å². The number of hydrogen-bond donors (Lipinski definition) is 0. The van der Waals surface area contributed by atoms with E-state index in [2.05, 4.69) is 61.0 Å². The van der Waals surface area contributed by atoms with Crippen LogP contribution in [0.15, 0.2) is 72.1 Å². The van der Waals surface area contributed by atoms with Gasteiger partial charge >= 0.3 is 0 Å². The van der Waals surface area contributed by atoms with E-state index in [0.717, 1.165) is 17.7 Å². The van der Waals surface area contributed by atoms with Gasteiger partial charge in [0.1, 0.15) is 5.69 Å². The molecule has 1 aliphatic carbocycles. The molecule has 0 spiro atoms. The molecule has 1 aromatic carbocycles. The van der Waals surface area contributed by atoms with E-state index in [0.29, 0.717) is 11.3 Å². The van der Waals surface area contributed by atoms with Gasteiger partial charge < -0.3 is 4.90 Å². The monoisotopic (exact) mass is 356 g/mol. The van der Waals surface area contributed by atoms with Gasteiger partial charge in [0.25, 0.3) is 0 Å². The maximum absolute atomic E-state index is 12.9. The number of hydrogen-bond acceptors (Lipinski definition) is 3. The highest BCUT2D eigenvalue weighted by Gasteiger charge is 2.38. The summed E-state index contributed by atoms with van der Waals surface area (Å²) in [6, 6.07) is 12.4. The third-order valence-corrected chi connectivity index (χ3v) is 5.62. The highest BCUT2D eigenvalue weighted by Crippen LogP contribution is 2.47. The first-order valence-corrected chi connectivity index (χ1v) is 9.43. The molecule has 0 bridgehead atoms. The van der Waals surface area contributed by atoms with Crippen molar-refractivity contribution in [2.75, 3.05) is 11.4 Å². The molecule has 0 amide bonds. The Morgan fingerprint density at radius 1 is 1.11 bits per heavy atom. The Balaban J connectivity index is 1.79. The molecule has 1 aromatic heterocycles. The minimum atomic E-state index is -0.101. The fourth-order valence-corrected chi connectivity index (χ4v) is 4.19. The van der Waals surface area contributed by atoms with Gasteiger partial charge in [-0.1, -0.05) is 38.1 Å². The Hall–Kier alpha value is -2.94. The zero-order valence-corrected chi connectivity index (χ0v) is 16.3. The second-order valence-electron chi connectivity index (χ2n) is 7.62. The topological polar surface area (TPSA) is 33.2 Å². The molecule has 4 rings (SSSR count). The first-order valence-electron chi connectivity index (χ1n) is 9.43. The van der Waals surface area contributed by atoms with Crippen LogP contribution in [-0.2, 0) is 5.41 Å². The zero-order chi connectivity index (χ0) is 19.2. The molecule has 0 N–H and O–H groups in total. The number of rotatable bonds is 2. The Morgan fingerprint density at radius 2 is 1.89 bits per heavy atom. The van der Waals surface area contributed by atoms with Crippen LogP contribution in [0.3, 0.4) is 0 Å². The van der Waals surface area contributed by atoms with E-state index in [1.165, 1.54) is 16.9 Å².